The highest BCUT2D eigenvalue weighted by Crippen LogP contribution is 2.44. The zero-order valence-corrected chi connectivity index (χ0v) is 22.7. The molecule has 0 amide bonds. The molecule has 37 heavy (non-hydrogen) atoms. The summed E-state index contributed by atoms with van der Waals surface area (Å²) in [6.45, 7) is 5.49. The molecule has 1 fully saturated rings. The number of fused-ring (bicyclic) bond motifs is 1. The second-order valence-corrected chi connectivity index (χ2v) is 10.6. The summed E-state index contributed by atoms with van der Waals surface area (Å²) in [6, 6.07) is 11.2. The molecule has 4 heterocycles. The first-order valence-electron chi connectivity index (χ1n) is 12.0. The number of carboxylic acids is 1. The first kappa shape index (κ1) is 25.7. The normalized spacial score (nSPS) is 15.6. The number of thiophene rings is 1. The molecule has 1 saturated heterocycles. The predicted octanol–water partition coefficient (Wildman–Crippen LogP) is 4.41. The van der Waals surface area contributed by atoms with E-state index in [0.29, 0.717) is 32.8 Å². The molecule has 1 N–H and O–H groups in total. The van der Waals surface area contributed by atoms with Crippen molar-refractivity contribution in [2.45, 2.75) is 12.5 Å². The van der Waals surface area contributed by atoms with E-state index in [2.05, 4.69) is 42.7 Å². The Kier molecular flexibility index (Phi) is 8.04. The number of aromatic nitrogens is 2. The van der Waals surface area contributed by atoms with Crippen LogP contribution >= 0.6 is 27.3 Å². The lowest BCUT2D eigenvalue weighted by Gasteiger charge is -2.32. The van der Waals surface area contributed by atoms with Crippen LogP contribution in [0.4, 0.5) is 0 Å². The number of hydrogen-bond acceptors (Lipinski definition) is 9. The third-order valence-electron chi connectivity index (χ3n) is 6.31. The number of nitrogens with zero attached hydrogens (tertiary/aromatic N) is 4. The van der Waals surface area contributed by atoms with Gasteiger partial charge in [-0.1, -0.05) is 18.2 Å². The van der Waals surface area contributed by atoms with Crippen LogP contribution in [0.25, 0.3) is 20.9 Å². The molecule has 1 aliphatic rings. The lowest BCUT2D eigenvalue weighted by molar-refractivity contribution is -0.145. The van der Waals surface area contributed by atoms with Gasteiger partial charge in [-0.15, -0.1) is 11.3 Å². The van der Waals surface area contributed by atoms with Gasteiger partial charge in [0.15, 0.2) is 0 Å². The monoisotopic (exact) mass is 586 g/mol. The molecule has 11 heteroatoms. The summed E-state index contributed by atoms with van der Waals surface area (Å²) in [6.07, 6.45) is 1.93. The van der Waals surface area contributed by atoms with E-state index in [-0.39, 0.29) is 12.3 Å². The van der Waals surface area contributed by atoms with Gasteiger partial charge in [0, 0.05) is 39.1 Å². The molecule has 0 aliphatic carbocycles. The van der Waals surface area contributed by atoms with Crippen LogP contribution in [0.5, 0.6) is 11.6 Å². The van der Waals surface area contributed by atoms with E-state index >= 15 is 0 Å². The lowest BCUT2D eigenvalue weighted by atomic mass is 10.1. The number of carboxylic acid groups (broad SMARTS) is 1. The Morgan fingerprint density at radius 3 is 2.76 bits per heavy atom. The molecule has 1 aromatic carbocycles. The van der Waals surface area contributed by atoms with Crippen molar-refractivity contribution in [3.8, 4) is 22.3 Å². The molecule has 0 unspecified atom stereocenters. The van der Waals surface area contributed by atoms with Crippen molar-refractivity contribution >= 4 is 43.5 Å². The van der Waals surface area contributed by atoms with Gasteiger partial charge in [0.1, 0.15) is 29.3 Å². The standard InChI is InChI=1S/C26H27BrN4O5S/c1-30-8-10-31(11-9-30)12-14-35-18-6-3-2-5-17(18)15-20(26(32)33)36-24-21-22(27)23(19-7-4-13-34-19)37-25(21)29-16-28-24/h2-7,13,16,20H,8-12,14-15H2,1H3,(H,32,33)/t20-/m0/s1. The number of halogens is 1. The molecule has 0 radical (unpaired) electrons. The third-order valence-corrected chi connectivity index (χ3v) is 8.48. The number of rotatable bonds is 10. The molecule has 1 atom stereocenters. The van der Waals surface area contributed by atoms with Gasteiger partial charge in [0.2, 0.25) is 12.0 Å². The minimum atomic E-state index is -1.17. The Hall–Kier alpha value is -2.99. The maximum Gasteiger partial charge on any atom is 0.345 e. The number of hydrogen-bond donors (Lipinski definition) is 1. The summed E-state index contributed by atoms with van der Waals surface area (Å²) < 4.78 is 18.3. The first-order valence-corrected chi connectivity index (χ1v) is 13.6. The zero-order chi connectivity index (χ0) is 25.8. The number of aliphatic carboxylic acids is 1. The van der Waals surface area contributed by atoms with Gasteiger partial charge in [-0.25, -0.2) is 14.8 Å². The van der Waals surface area contributed by atoms with Gasteiger partial charge in [-0.05, 0) is 46.7 Å². The molecule has 4 aromatic rings. The number of benzene rings is 1. The van der Waals surface area contributed by atoms with Gasteiger partial charge in [0.05, 0.1) is 21.0 Å². The molecule has 0 bridgehead atoms. The van der Waals surface area contributed by atoms with Crippen molar-refractivity contribution in [3.05, 3.63) is 59.0 Å². The Labute approximate surface area is 226 Å². The van der Waals surface area contributed by atoms with Crippen LogP contribution in [0.1, 0.15) is 5.56 Å². The highest BCUT2D eigenvalue weighted by molar-refractivity contribution is 9.10. The number of piperazine rings is 1. The van der Waals surface area contributed by atoms with Gasteiger partial charge in [0.25, 0.3) is 0 Å². The van der Waals surface area contributed by atoms with E-state index in [0.717, 1.165) is 43.2 Å². The quantitative estimate of drug-likeness (QED) is 0.289. The predicted molar refractivity (Wildman–Crippen MR) is 144 cm³/mol. The van der Waals surface area contributed by atoms with Crippen LogP contribution in [-0.4, -0.2) is 83.3 Å². The van der Waals surface area contributed by atoms with E-state index in [1.165, 1.54) is 17.7 Å². The summed E-state index contributed by atoms with van der Waals surface area (Å²) in [5.41, 5.74) is 0.763. The van der Waals surface area contributed by atoms with Crippen LogP contribution in [-0.2, 0) is 11.2 Å². The van der Waals surface area contributed by atoms with Crippen molar-refractivity contribution in [2.24, 2.45) is 0 Å². The molecule has 0 spiro atoms. The van der Waals surface area contributed by atoms with Crippen LogP contribution in [0.3, 0.4) is 0 Å². The van der Waals surface area contributed by atoms with Crippen molar-refractivity contribution in [1.29, 1.82) is 0 Å². The van der Waals surface area contributed by atoms with E-state index < -0.39 is 12.1 Å². The zero-order valence-electron chi connectivity index (χ0n) is 20.3. The van der Waals surface area contributed by atoms with Gasteiger partial charge in [-0.2, -0.15) is 0 Å². The lowest BCUT2D eigenvalue weighted by Crippen LogP contribution is -2.45. The number of carbonyl (C=O) groups is 1. The van der Waals surface area contributed by atoms with Crippen LogP contribution in [0, 0.1) is 0 Å². The van der Waals surface area contributed by atoms with Gasteiger partial charge >= 0.3 is 5.97 Å². The van der Waals surface area contributed by atoms with Crippen LogP contribution in [0.2, 0.25) is 0 Å². The minimum Gasteiger partial charge on any atom is -0.492 e. The summed E-state index contributed by atoms with van der Waals surface area (Å²) in [7, 11) is 2.13. The van der Waals surface area contributed by atoms with Crippen LogP contribution in [0.15, 0.2) is 57.9 Å². The SMILES string of the molecule is CN1CCN(CCOc2ccccc2C[C@H](Oc2ncnc3sc(-c4ccco4)c(Br)c23)C(=O)O)CC1. The summed E-state index contributed by atoms with van der Waals surface area (Å²) in [4.78, 5) is 27.0. The number of furan rings is 1. The summed E-state index contributed by atoms with van der Waals surface area (Å²) in [5, 5.41) is 10.6. The molecule has 9 nitrogen and oxygen atoms in total. The second kappa shape index (κ2) is 11.6. The smallest absolute Gasteiger partial charge is 0.345 e. The average molecular weight is 587 g/mol. The van der Waals surface area contributed by atoms with Crippen molar-refractivity contribution < 1.29 is 23.8 Å². The van der Waals surface area contributed by atoms with Crippen molar-refractivity contribution in [3.63, 3.8) is 0 Å². The minimum absolute atomic E-state index is 0.123. The molecular weight excluding hydrogens is 560 g/mol. The molecular formula is C26H27BrN4O5S. The largest absolute Gasteiger partial charge is 0.492 e. The van der Waals surface area contributed by atoms with Gasteiger partial charge in [-0.3, -0.25) is 4.90 Å². The Morgan fingerprint density at radius 1 is 1.19 bits per heavy atom. The average Bonchev–Trinajstić information content (AvgIpc) is 3.54. The van der Waals surface area contributed by atoms with E-state index in [9.17, 15) is 9.90 Å². The van der Waals surface area contributed by atoms with Crippen LogP contribution < -0.4 is 9.47 Å². The summed E-state index contributed by atoms with van der Waals surface area (Å²) in [5.74, 6) is 0.456. The third kappa shape index (κ3) is 5.96. The first-order chi connectivity index (χ1) is 18.0. The maximum absolute atomic E-state index is 12.2. The maximum atomic E-state index is 12.2. The van der Waals surface area contributed by atoms with E-state index in [1.54, 1.807) is 12.3 Å². The van der Waals surface area contributed by atoms with Crippen molar-refractivity contribution in [2.75, 3.05) is 46.4 Å². The molecule has 194 valence electrons. The number of para-hydroxylation sites is 1. The second-order valence-electron chi connectivity index (χ2n) is 8.83. The Bertz CT molecular complexity index is 1350. The molecule has 1 aliphatic heterocycles. The molecule has 5 rings (SSSR count). The molecule has 0 saturated carbocycles. The fraction of sp³-hybridized carbons (Fsp3) is 0.346. The highest BCUT2D eigenvalue weighted by atomic mass is 79.9. The molecule has 3 aromatic heterocycles. The van der Waals surface area contributed by atoms with E-state index in [4.69, 9.17) is 13.9 Å². The number of likely N-dealkylation sites (N-methyl/N-ethyl adjacent to an activating group) is 1. The number of ether oxygens (including phenoxy) is 2. The summed E-state index contributed by atoms with van der Waals surface area (Å²) >= 11 is 5.02. The fourth-order valence-electron chi connectivity index (χ4n) is 4.21. The van der Waals surface area contributed by atoms with E-state index in [1.807, 2.05) is 30.3 Å². The van der Waals surface area contributed by atoms with Crippen molar-refractivity contribution in [1.82, 2.24) is 19.8 Å². The van der Waals surface area contributed by atoms with Gasteiger partial charge < -0.3 is 23.9 Å². The Morgan fingerprint density at radius 2 is 2.00 bits per heavy atom. The topological polar surface area (TPSA) is 101 Å². The Balaban J connectivity index is 1.31. The highest BCUT2D eigenvalue weighted by Gasteiger charge is 2.26. The fourth-order valence-corrected chi connectivity index (χ4v) is 6.13.